The van der Waals surface area contributed by atoms with Crippen LogP contribution in [0.1, 0.15) is 0 Å². The lowest BCUT2D eigenvalue weighted by Crippen LogP contribution is -2.24. The summed E-state index contributed by atoms with van der Waals surface area (Å²) in [6.45, 7) is 0. The number of nitrogens with zero attached hydrogens (tertiary/aromatic N) is 6. The Kier molecular flexibility index (Phi) is 8.74. The van der Waals surface area contributed by atoms with Crippen LogP contribution in [0.5, 0.6) is 0 Å². The highest BCUT2D eigenvalue weighted by molar-refractivity contribution is 6.01. The number of anilines is 9. The van der Waals surface area contributed by atoms with E-state index in [2.05, 4.69) is 172 Å². The molecule has 1 aromatic heterocycles. The Labute approximate surface area is 332 Å². The number of benzene rings is 8. The minimum atomic E-state index is 0.620. The van der Waals surface area contributed by atoms with Crippen molar-refractivity contribution in [3.63, 3.8) is 0 Å². The molecule has 0 bridgehead atoms. The molecule has 0 atom stereocenters. The lowest BCUT2D eigenvalue weighted by atomic mass is 10.0. The first-order chi connectivity index (χ1) is 28.3. The van der Waals surface area contributed by atoms with Crippen LogP contribution in [0.25, 0.3) is 34.2 Å². The van der Waals surface area contributed by atoms with Crippen LogP contribution in [0.3, 0.4) is 0 Å². The number of aromatic nitrogens is 3. The van der Waals surface area contributed by atoms with Gasteiger partial charge in [0.15, 0.2) is 17.5 Å². The van der Waals surface area contributed by atoms with Gasteiger partial charge in [-0.15, -0.1) is 0 Å². The van der Waals surface area contributed by atoms with Crippen LogP contribution in [-0.2, 0) is 0 Å². The van der Waals surface area contributed by atoms with Gasteiger partial charge in [-0.3, -0.25) is 0 Å². The second-order valence-electron chi connectivity index (χ2n) is 13.8. The molecule has 0 aliphatic carbocycles. The monoisotopic (exact) mass is 732 g/mol. The van der Waals surface area contributed by atoms with Gasteiger partial charge >= 0.3 is 0 Å². The van der Waals surface area contributed by atoms with E-state index in [4.69, 9.17) is 15.0 Å². The van der Waals surface area contributed by atoms with Crippen LogP contribution in [0.4, 0.5) is 51.2 Å². The van der Waals surface area contributed by atoms with Crippen molar-refractivity contribution in [1.29, 1.82) is 0 Å². The summed E-state index contributed by atoms with van der Waals surface area (Å²) in [6.07, 6.45) is 0. The molecule has 8 aromatic carbocycles. The van der Waals surface area contributed by atoms with Crippen molar-refractivity contribution in [1.82, 2.24) is 15.0 Å². The van der Waals surface area contributed by atoms with E-state index in [-0.39, 0.29) is 0 Å². The molecule has 270 valence electrons. The Morgan fingerprint density at radius 1 is 0.281 bits per heavy atom. The van der Waals surface area contributed by atoms with E-state index in [1.807, 2.05) is 60.7 Å². The topological polar surface area (TPSA) is 48.4 Å². The third kappa shape index (κ3) is 6.45. The zero-order valence-electron chi connectivity index (χ0n) is 31.0. The molecular weight excluding hydrogens is 697 g/mol. The van der Waals surface area contributed by atoms with Crippen LogP contribution in [0, 0.1) is 0 Å². The fourth-order valence-electron chi connectivity index (χ4n) is 7.57. The summed E-state index contributed by atoms with van der Waals surface area (Å²) in [5, 5.41) is 0. The van der Waals surface area contributed by atoms with Crippen LogP contribution >= 0.6 is 0 Å². The molecule has 6 heteroatoms. The van der Waals surface area contributed by atoms with Crippen molar-refractivity contribution in [2.75, 3.05) is 14.7 Å². The molecule has 0 N–H and O–H groups in total. The SMILES string of the molecule is c1ccc(-c2nc(-c3ccccc3)nc(-c3ccc(N(c4ccccc4)c4cccc(N5c6ccccc6N(c6ccccc6)c6ccccc65)c4)cc3)n2)cc1. The molecule has 2 heterocycles. The normalized spacial score (nSPS) is 11.8. The zero-order chi connectivity index (χ0) is 38.0. The average Bonchev–Trinajstić information content (AvgIpc) is 3.29. The third-order valence-electron chi connectivity index (χ3n) is 10.2. The van der Waals surface area contributed by atoms with Crippen molar-refractivity contribution in [3.05, 3.63) is 218 Å². The Morgan fingerprint density at radius 3 is 1.12 bits per heavy atom. The number of hydrogen-bond acceptors (Lipinski definition) is 6. The molecule has 57 heavy (non-hydrogen) atoms. The summed E-state index contributed by atoms with van der Waals surface area (Å²) in [4.78, 5) is 21.8. The zero-order valence-corrected chi connectivity index (χ0v) is 31.0. The highest BCUT2D eigenvalue weighted by Crippen LogP contribution is 2.54. The van der Waals surface area contributed by atoms with Gasteiger partial charge < -0.3 is 14.7 Å². The molecule has 0 saturated heterocycles. The van der Waals surface area contributed by atoms with Crippen molar-refractivity contribution >= 4 is 51.2 Å². The largest absolute Gasteiger partial charge is 0.310 e. The second kappa shape index (κ2) is 14.8. The van der Waals surface area contributed by atoms with Gasteiger partial charge in [0.1, 0.15) is 0 Å². The van der Waals surface area contributed by atoms with Crippen molar-refractivity contribution in [2.24, 2.45) is 0 Å². The van der Waals surface area contributed by atoms with Crippen molar-refractivity contribution in [3.8, 4) is 34.2 Å². The minimum Gasteiger partial charge on any atom is -0.310 e. The summed E-state index contributed by atoms with van der Waals surface area (Å²) in [5.41, 5.74) is 12.5. The maximum absolute atomic E-state index is 4.97. The molecule has 0 unspecified atom stereocenters. The van der Waals surface area contributed by atoms with Gasteiger partial charge in [-0.2, -0.15) is 0 Å². The van der Waals surface area contributed by atoms with Gasteiger partial charge in [0.05, 0.1) is 22.7 Å². The first kappa shape index (κ1) is 33.7. The fourth-order valence-corrected chi connectivity index (χ4v) is 7.57. The summed E-state index contributed by atoms with van der Waals surface area (Å²) in [6, 6.07) is 75.8. The van der Waals surface area contributed by atoms with Gasteiger partial charge in [0.2, 0.25) is 0 Å². The van der Waals surface area contributed by atoms with Crippen LogP contribution < -0.4 is 14.7 Å². The van der Waals surface area contributed by atoms with Gasteiger partial charge in [-0.25, -0.2) is 15.0 Å². The molecule has 0 fully saturated rings. The fraction of sp³-hybridized carbons (Fsp3) is 0. The number of para-hydroxylation sites is 6. The quantitative estimate of drug-likeness (QED) is 0.155. The lowest BCUT2D eigenvalue weighted by Gasteiger charge is -2.40. The lowest BCUT2D eigenvalue weighted by molar-refractivity contribution is 1.07. The molecule has 0 amide bonds. The predicted octanol–water partition coefficient (Wildman–Crippen LogP) is 13.6. The molecule has 0 spiro atoms. The van der Waals surface area contributed by atoms with E-state index in [1.54, 1.807) is 0 Å². The average molecular weight is 733 g/mol. The van der Waals surface area contributed by atoms with Gasteiger partial charge in [0.25, 0.3) is 0 Å². The summed E-state index contributed by atoms with van der Waals surface area (Å²) in [7, 11) is 0. The van der Waals surface area contributed by atoms with E-state index in [0.29, 0.717) is 17.5 Å². The van der Waals surface area contributed by atoms with E-state index >= 15 is 0 Å². The Balaban J connectivity index is 1.06. The van der Waals surface area contributed by atoms with Gasteiger partial charge in [-0.05, 0) is 91.0 Å². The second-order valence-corrected chi connectivity index (χ2v) is 13.8. The number of fused-ring (bicyclic) bond motifs is 2. The van der Waals surface area contributed by atoms with Gasteiger partial charge in [-0.1, -0.05) is 127 Å². The van der Waals surface area contributed by atoms with Crippen LogP contribution in [-0.4, -0.2) is 15.0 Å². The minimum absolute atomic E-state index is 0.620. The van der Waals surface area contributed by atoms with Crippen LogP contribution in [0.2, 0.25) is 0 Å². The molecule has 10 rings (SSSR count). The highest BCUT2D eigenvalue weighted by Gasteiger charge is 2.30. The molecule has 1 aliphatic heterocycles. The van der Waals surface area contributed by atoms with Gasteiger partial charge in [0, 0.05) is 45.1 Å². The first-order valence-electron chi connectivity index (χ1n) is 19.0. The van der Waals surface area contributed by atoms with E-state index in [1.165, 1.54) is 0 Å². The predicted molar refractivity (Wildman–Crippen MR) is 234 cm³/mol. The van der Waals surface area contributed by atoms with Crippen molar-refractivity contribution in [2.45, 2.75) is 0 Å². The summed E-state index contributed by atoms with van der Waals surface area (Å²) < 4.78 is 0. The third-order valence-corrected chi connectivity index (χ3v) is 10.2. The molecule has 9 aromatic rings. The Bertz CT molecular complexity index is 2690. The maximum atomic E-state index is 4.97. The van der Waals surface area contributed by atoms with Crippen LogP contribution in [0.15, 0.2) is 218 Å². The van der Waals surface area contributed by atoms with Crippen molar-refractivity contribution < 1.29 is 0 Å². The van der Waals surface area contributed by atoms with E-state index in [9.17, 15) is 0 Å². The molecule has 1 aliphatic rings. The molecule has 6 nitrogen and oxygen atoms in total. The smallest absolute Gasteiger partial charge is 0.164 e. The summed E-state index contributed by atoms with van der Waals surface area (Å²) in [5.74, 6) is 1.90. The molecule has 0 saturated carbocycles. The standard InChI is InChI=1S/C51H36N6/c1-5-18-37(19-6-1)49-52-50(38-20-7-2-8-21-38)54-51(53-49)39-32-34-42(35-33-39)55(40-22-9-3-10-23-40)43-26-17-27-44(36-43)57-47-30-15-13-28-45(47)56(41-24-11-4-12-25-41)46-29-14-16-31-48(46)57/h1-36H. The summed E-state index contributed by atoms with van der Waals surface area (Å²) >= 11 is 0. The van der Waals surface area contributed by atoms with E-state index < -0.39 is 0 Å². The first-order valence-corrected chi connectivity index (χ1v) is 19.0. The number of hydrogen-bond donors (Lipinski definition) is 0. The Hall–Kier alpha value is -7.83. The Morgan fingerprint density at radius 2 is 0.632 bits per heavy atom. The maximum Gasteiger partial charge on any atom is 0.164 e. The highest BCUT2D eigenvalue weighted by atomic mass is 15.3. The van der Waals surface area contributed by atoms with E-state index in [0.717, 1.165) is 67.9 Å². The molecule has 0 radical (unpaired) electrons. The number of rotatable bonds is 8. The molecular formula is C51H36N6.